The van der Waals surface area contributed by atoms with Gasteiger partial charge in [0.05, 0.1) is 11.8 Å². The number of fused-ring (bicyclic) bond motifs is 1. The number of rotatable bonds is 10. The smallest absolute Gasteiger partial charge is 0.423 e. The summed E-state index contributed by atoms with van der Waals surface area (Å²) in [5.74, 6) is 1.35. The van der Waals surface area contributed by atoms with E-state index in [1.54, 1.807) is 6.92 Å². The van der Waals surface area contributed by atoms with Crippen LogP contribution in [0.4, 0.5) is 0 Å². The van der Waals surface area contributed by atoms with Crippen LogP contribution in [0, 0.1) is 6.92 Å². The first kappa shape index (κ1) is 29.5. The van der Waals surface area contributed by atoms with E-state index in [9.17, 15) is 9.59 Å². The average molecular weight is 623 g/mol. The van der Waals surface area contributed by atoms with Gasteiger partial charge < -0.3 is 9.15 Å². The van der Waals surface area contributed by atoms with Gasteiger partial charge in [-0.15, -0.1) is 10.2 Å². The van der Waals surface area contributed by atoms with Crippen molar-refractivity contribution in [2.45, 2.75) is 77.5 Å². The molecule has 4 heterocycles. The molecule has 0 spiro atoms. The van der Waals surface area contributed by atoms with Crippen LogP contribution in [-0.2, 0) is 24.2 Å². The van der Waals surface area contributed by atoms with Crippen LogP contribution in [-0.4, -0.2) is 45.6 Å². The van der Waals surface area contributed by atoms with E-state index < -0.39 is 5.76 Å². The number of nitrogens with zero attached hydrogens (tertiary/aromatic N) is 7. The lowest BCUT2D eigenvalue weighted by Crippen LogP contribution is -2.35. The van der Waals surface area contributed by atoms with E-state index in [4.69, 9.17) is 13.7 Å². The summed E-state index contributed by atoms with van der Waals surface area (Å²) in [4.78, 5) is 33.1. The van der Waals surface area contributed by atoms with Gasteiger partial charge in [-0.3, -0.25) is 18.9 Å². The van der Waals surface area contributed by atoms with Crippen molar-refractivity contribution in [1.29, 1.82) is 0 Å². The normalized spacial score (nSPS) is 16.7. The Bertz CT molecular complexity index is 2080. The Morgan fingerprint density at radius 2 is 1.78 bits per heavy atom. The first-order valence-electron chi connectivity index (χ1n) is 15.6. The molecule has 1 N–H and O–H groups in total. The molecule has 1 saturated carbocycles. The molecule has 0 aliphatic heterocycles. The predicted octanol–water partition coefficient (Wildman–Crippen LogP) is 4.84. The van der Waals surface area contributed by atoms with Gasteiger partial charge in [0.15, 0.2) is 5.82 Å². The summed E-state index contributed by atoms with van der Waals surface area (Å²) in [5, 5.41) is 16.3. The van der Waals surface area contributed by atoms with Crippen molar-refractivity contribution in [2.75, 3.05) is 0 Å². The summed E-state index contributed by atoms with van der Waals surface area (Å²) in [7, 11) is 0. The molecule has 0 amide bonds. The van der Waals surface area contributed by atoms with Gasteiger partial charge in [0.25, 0.3) is 5.56 Å². The van der Waals surface area contributed by atoms with Crippen LogP contribution in [0.1, 0.15) is 73.7 Å². The quantitative estimate of drug-likeness (QED) is 0.224. The van der Waals surface area contributed by atoms with Gasteiger partial charge in [-0.05, 0) is 48.8 Å². The highest BCUT2D eigenvalue weighted by molar-refractivity contribution is 5.80. The maximum absolute atomic E-state index is 14.3. The summed E-state index contributed by atoms with van der Waals surface area (Å²) >= 11 is 0. The molecular formula is C33H34N8O5. The Morgan fingerprint density at radius 1 is 1.00 bits per heavy atom. The van der Waals surface area contributed by atoms with E-state index in [-0.39, 0.29) is 24.3 Å². The molecule has 7 rings (SSSR count). The van der Waals surface area contributed by atoms with Crippen LogP contribution in [0.5, 0.6) is 0 Å². The molecular weight excluding hydrogens is 588 g/mol. The van der Waals surface area contributed by atoms with Crippen LogP contribution in [0.15, 0.2) is 73.4 Å². The predicted molar refractivity (Wildman–Crippen MR) is 167 cm³/mol. The highest BCUT2D eigenvalue weighted by atomic mass is 16.5. The number of ether oxygens (including phenoxy) is 1. The molecule has 2 aromatic carbocycles. The van der Waals surface area contributed by atoms with E-state index in [1.165, 1.54) is 6.33 Å². The van der Waals surface area contributed by atoms with Crippen molar-refractivity contribution >= 4 is 5.78 Å². The number of H-pyrrole nitrogens is 1. The molecule has 13 nitrogen and oxygen atoms in total. The van der Waals surface area contributed by atoms with E-state index in [0.717, 1.165) is 65.6 Å². The molecule has 1 aliphatic rings. The number of nitrogens with one attached hydrogen (secondary N) is 1. The summed E-state index contributed by atoms with van der Waals surface area (Å²) < 4.78 is 19.9. The Labute approximate surface area is 263 Å². The highest BCUT2D eigenvalue weighted by Crippen LogP contribution is 2.32. The highest BCUT2D eigenvalue weighted by Gasteiger charge is 2.28. The molecule has 1 fully saturated rings. The molecule has 1 aliphatic carbocycles. The molecule has 6 aromatic rings. The van der Waals surface area contributed by atoms with Crippen LogP contribution < -0.4 is 11.3 Å². The van der Waals surface area contributed by atoms with Gasteiger partial charge >= 0.3 is 5.76 Å². The molecule has 4 aromatic heterocycles. The summed E-state index contributed by atoms with van der Waals surface area (Å²) in [5.41, 5.74) is 5.24. The number of aromatic amines is 1. The molecule has 0 saturated heterocycles. The largest absolute Gasteiger partial charge is 0.439 e. The minimum absolute atomic E-state index is 0.0130. The Morgan fingerprint density at radius 3 is 2.48 bits per heavy atom. The second-order valence-electron chi connectivity index (χ2n) is 11.6. The maximum atomic E-state index is 14.3. The average Bonchev–Trinajstić information content (AvgIpc) is 3.84. The van der Waals surface area contributed by atoms with Gasteiger partial charge in [0.1, 0.15) is 12.9 Å². The third-order valence-electron chi connectivity index (χ3n) is 8.60. The Hall–Kier alpha value is -5.17. The lowest BCUT2D eigenvalue weighted by atomic mass is 9.92. The zero-order valence-electron chi connectivity index (χ0n) is 25.7. The van der Waals surface area contributed by atoms with Gasteiger partial charge in [-0.2, -0.15) is 10.1 Å². The molecule has 13 heteroatoms. The second-order valence-corrected chi connectivity index (χ2v) is 11.6. The Kier molecular flexibility index (Phi) is 8.14. The van der Waals surface area contributed by atoms with E-state index in [1.807, 2.05) is 57.6 Å². The third-order valence-corrected chi connectivity index (χ3v) is 8.60. The van der Waals surface area contributed by atoms with Gasteiger partial charge in [-0.25, -0.2) is 9.31 Å². The summed E-state index contributed by atoms with van der Waals surface area (Å²) in [6, 6.07) is 15.8. The van der Waals surface area contributed by atoms with Crippen molar-refractivity contribution in [1.82, 2.24) is 39.5 Å². The van der Waals surface area contributed by atoms with Crippen molar-refractivity contribution in [2.24, 2.45) is 0 Å². The molecule has 46 heavy (non-hydrogen) atoms. The Balaban J connectivity index is 1.15. The number of hydrogen-bond acceptors (Lipinski definition) is 10. The van der Waals surface area contributed by atoms with Crippen LogP contribution in [0.25, 0.3) is 28.3 Å². The van der Waals surface area contributed by atoms with Crippen LogP contribution in [0.2, 0.25) is 0 Å². The monoisotopic (exact) mass is 622 g/mol. The summed E-state index contributed by atoms with van der Waals surface area (Å²) in [6.45, 7) is 4.14. The minimum atomic E-state index is -0.602. The molecule has 0 unspecified atom stereocenters. The maximum Gasteiger partial charge on any atom is 0.439 e. The number of benzene rings is 2. The second kappa shape index (κ2) is 12.7. The molecule has 236 valence electrons. The lowest BCUT2D eigenvalue weighted by Gasteiger charge is -2.30. The fraction of sp³-hybridized carbons (Fsp3) is 0.364. The van der Waals surface area contributed by atoms with Crippen molar-refractivity contribution in [3.05, 3.63) is 104 Å². The van der Waals surface area contributed by atoms with Gasteiger partial charge in [0.2, 0.25) is 17.6 Å². The zero-order chi connectivity index (χ0) is 31.6. The molecule has 0 radical (unpaired) electrons. The third kappa shape index (κ3) is 5.81. The lowest BCUT2D eigenvalue weighted by molar-refractivity contribution is -0.00132. The van der Waals surface area contributed by atoms with Crippen molar-refractivity contribution in [3.63, 3.8) is 0 Å². The number of aromatic nitrogens is 8. The van der Waals surface area contributed by atoms with Crippen LogP contribution in [0.3, 0.4) is 0 Å². The number of aryl methyl sites for hydroxylation is 2. The van der Waals surface area contributed by atoms with Gasteiger partial charge in [-0.1, -0.05) is 67.0 Å². The fourth-order valence-electron chi connectivity index (χ4n) is 6.43. The SMILES string of the molecule is CCCc1c(Cc2ccc(-c3ccccc3-c3noc(=O)[nH]3)cc2)c(=O)n(C2CCC(OCc3nnc(C)o3)CC2)c2ncnn12. The van der Waals surface area contributed by atoms with E-state index in [0.29, 0.717) is 36.2 Å². The summed E-state index contributed by atoms with van der Waals surface area (Å²) in [6.07, 6.45) is 6.81. The first-order valence-corrected chi connectivity index (χ1v) is 15.6. The molecule has 0 bridgehead atoms. The van der Waals surface area contributed by atoms with Crippen molar-refractivity contribution in [3.8, 4) is 22.5 Å². The van der Waals surface area contributed by atoms with E-state index >= 15 is 0 Å². The van der Waals surface area contributed by atoms with Gasteiger partial charge in [0, 0.05) is 30.5 Å². The minimum Gasteiger partial charge on any atom is -0.423 e. The van der Waals surface area contributed by atoms with Crippen LogP contribution >= 0.6 is 0 Å². The van der Waals surface area contributed by atoms with E-state index in [2.05, 4.69) is 37.3 Å². The topological polar surface area (TPSA) is 159 Å². The first-order chi connectivity index (χ1) is 22.5. The molecule has 0 atom stereocenters. The standard InChI is InChI=1S/C33H34N8O5/c1-3-6-28-27(17-21-9-11-22(12-10-21)25-7-4-5-8-26(25)30-36-33(43)46-39-30)31(42)40(32-34-19-35-41(28)32)23-13-15-24(16-14-23)44-18-29-38-37-20(2)45-29/h4-5,7-12,19,23-24H,3,6,13-18H2,1-2H3,(H,36,39,43). The fourth-order valence-corrected chi connectivity index (χ4v) is 6.43. The number of hydrogen-bond donors (Lipinski definition) is 1. The van der Waals surface area contributed by atoms with Crippen molar-refractivity contribution < 1.29 is 13.7 Å². The zero-order valence-corrected chi connectivity index (χ0v) is 25.7.